The maximum absolute atomic E-state index is 12.5. The minimum Gasteiger partial charge on any atom is -0.493 e. The standard InChI is InChI=1S/C25H24N4O4S2/c1-4-7-18-8-5-6-9-20(18)32-12-13-33-21-11-10-17(15-22(21)31-2)14-19(16-26)23(30)27-24-28-29-25(34-3)35-24/h4-6,8-11,14-15H,1,7,12-13H2,2-3H3,(H,27,28,30). The third-order valence-electron chi connectivity index (χ3n) is 4.60. The maximum atomic E-state index is 12.5. The van der Waals surface area contributed by atoms with Gasteiger partial charge in [-0.25, -0.2) is 0 Å². The molecule has 180 valence electrons. The van der Waals surface area contributed by atoms with Gasteiger partial charge in [0.05, 0.1) is 7.11 Å². The van der Waals surface area contributed by atoms with Gasteiger partial charge < -0.3 is 14.2 Å². The van der Waals surface area contributed by atoms with E-state index in [1.54, 1.807) is 18.2 Å². The van der Waals surface area contributed by atoms with Crippen molar-refractivity contribution in [3.05, 3.63) is 71.8 Å². The van der Waals surface area contributed by atoms with E-state index < -0.39 is 5.91 Å². The van der Waals surface area contributed by atoms with Crippen molar-refractivity contribution in [2.24, 2.45) is 0 Å². The molecule has 0 saturated heterocycles. The van der Waals surface area contributed by atoms with Crippen molar-refractivity contribution >= 4 is 40.2 Å². The smallest absolute Gasteiger partial charge is 0.268 e. The number of hydrogen-bond donors (Lipinski definition) is 1. The Morgan fingerprint density at radius 3 is 2.63 bits per heavy atom. The molecule has 3 rings (SSSR count). The number of benzene rings is 2. The molecule has 35 heavy (non-hydrogen) atoms. The van der Waals surface area contributed by atoms with Crippen LogP contribution < -0.4 is 19.5 Å². The molecule has 10 heteroatoms. The number of allylic oxidation sites excluding steroid dienone is 1. The number of carbonyl (C=O) groups is 1. The first-order valence-electron chi connectivity index (χ1n) is 10.5. The van der Waals surface area contributed by atoms with Gasteiger partial charge in [0.2, 0.25) is 5.13 Å². The number of methoxy groups -OCH3 is 1. The second-order valence-electron chi connectivity index (χ2n) is 6.91. The lowest BCUT2D eigenvalue weighted by Gasteiger charge is -2.13. The Kier molecular flexibility index (Phi) is 9.71. The highest BCUT2D eigenvalue weighted by atomic mass is 32.2. The van der Waals surface area contributed by atoms with Crippen molar-refractivity contribution in [3.8, 4) is 23.3 Å². The number of nitrogens with zero attached hydrogens (tertiary/aromatic N) is 3. The zero-order valence-electron chi connectivity index (χ0n) is 19.3. The van der Waals surface area contributed by atoms with E-state index >= 15 is 0 Å². The number of ether oxygens (including phenoxy) is 3. The van der Waals surface area contributed by atoms with Gasteiger partial charge in [0.25, 0.3) is 5.91 Å². The van der Waals surface area contributed by atoms with Crippen molar-refractivity contribution in [2.75, 3.05) is 31.9 Å². The number of hydrogen-bond acceptors (Lipinski definition) is 9. The van der Waals surface area contributed by atoms with Gasteiger partial charge >= 0.3 is 0 Å². The summed E-state index contributed by atoms with van der Waals surface area (Å²) in [6.45, 7) is 4.43. The van der Waals surface area contributed by atoms with E-state index in [0.29, 0.717) is 35.4 Å². The number of anilines is 1. The van der Waals surface area contributed by atoms with Gasteiger partial charge in [0.15, 0.2) is 15.8 Å². The molecule has 0 spiro atoms. The Morgan fingerprint density at radius 1 is 1.17 bits per heavy atom. The van der Waals surface area contributed by atoms with E-state index in [4.69, 9.17) is 14.2 Å². The van der Waals surface area contributed by atoms with Gasteiger partial charge in [-0.05, 0) is 48.1 Å². The van der Waals surface area contributed by atoms with Crippen molar-refractivity contribution in [2.45, 2.75) is 10.8 Å². The molecular weight excluding hydrogens is 484 g/mol. The van der Waals surface area contributed by atoms with Crippen LogP contribution in [0.5, 0.6) is 17.2 Å². The zero-order chi connectivity index (χ0) is 25.0. The molecule has 0 unspecified atom stereocenters. The predicted octanol–water partition coefficient (Wildman–Crippen LogP) is 5.00. The highest BCUT2D eigenvalue weighted by molar-refractivity contribution is 8.00. The van der Waals surface area contributed by atoms with E-state index in [9.17, 15) is 10.1 Å². The van der Waals surface area contributed by atoms with E-state index in [1.807, 2.05) is 42.7 Å². The molecule has 8 nitrogen and oxygen atoms in total. The van der Waals surface area contributed by atoms with Crippen LogP contribution in [0.1, 0.15) is 11.1 Å². The Hall–Kier alpha value is -3.81. The average Bonchev–Trinajstić information content (AvgIpc) is 3.34. The van der Waals surface area contributed by atoms with Gasteiger partial charge in [-0.2, -0.15) is 5.26 Å². The molecule has 0 aliphatic rings. The number of para-hydroxylation sites is 1. The summed E-state index contributed by atoms with van der Waals surface area (Å²) in [7, 11) is 1.52. The lowest BCUT2D eigenvalue weighted by atomic mass is 10.1. The third-order valence-corrected chi connectivity index (χ3v) is 6.41. The van der Waals surface area contributed by atoms with Crippen LogP contribution in [-0.2, 0) is 11.2 Å². The van der Waals surface area contributed by atoms with Crippen molar-refractivity contribution in [3.63, 3.8) is 0 Å². The van der Waals surface area contributed by atoms with E-state index in [-0.39, 0.29) is 5.57 Å². The molecule has 1 amide bonds. The molecule has 1 aromatic heterocycles. The molecule has 0 bridgehead atoms. The van der Waals surface area contributed by atoms with E-state index in [0.717, 1.165) is 22.1 Å². The summed E-state index contributed by atoms with van der Waals surface area (Å²) in [6, 6.07) is 14.9. The first-order valence-corrected chi connectivity index (χ1v) is 12.5. The van der Waals surface area contributed by atoms with Crippen LogP contribution in [0.15, 0.2) is 65.0 Å². The Morgan fingerprint density at radius 2 is 1.94 bits per heavy atom. The van der Waals surface area contributed by atoms with Crippen LogP contribution in [0, 0.1) is 11.3 Å². The van der Waals surface area contributed by atoms with Gasteiger partial charge in [-0.15, -0.1) is 16.8 Å². The summed E-state index contributed by atoms with van der Waals surface area (Å²) < 4.78 is 17.8. The molecule has 0 aliphatic heterocycles. The molecule has 0 saturated carbocycles. The molecule has 2 aromatic carbocycles. The number of nitriles is 1. The Labute approximate surface area is 212 Å². The van der Waals surface area contributed by atoms with Crippen molar-refractivity contribution in [1.82, 2.24) is 10.2 Å². The lowest BCUT2D eigenvalue weighted by Crippen LogP contribution is -2.13. The van der Waals surface area contributed by atoms with E-state index in [2.05, 4.69) is 22.1 Å². The summed E-state index contributed by atoms with van der Waals surface area (Å²) in [5.74, 6) is 1.22. The Bertz CT molecular complexity index is 1250. The summed E-state index contributed by atoms with van der Waals surface area (Å²) in [5, 5.41) is 20.2. The second-order valence-corrected chi connectivity index (χ2v) is 8.94. The van der Waals surface area contributed by atoms with Crippen LogP contribution in [-0.4, -0.2) is 42.7 Å². The number of aromatic nitrogens is 2. The lowest BCUT2D eigenvalue weighted by molar-refractivity contribution is -0.112. The van der Waals surface area contributed by atoms with Gasteiger partial charge in [-0.1, -0.05) is 53.4 Å². The van der Waals surface area contributed by atoms with Crippen LogP contribution >= 0.6 is 23.1 Å². The fourth-order valence-electron chi connectivity index (χ4n) is 2.99. The molecular formula is C25H24N4O4S2. The Balaban J connectivity index is 1.62. The summed E-state index contributed by atoms with van der Waals surface area (Å²) >= 11 is 2.66. The second kappa shape index (κ2) is 13.2. The summed E-state index contributed by atoms with van der Waals surface area (Å²) in [5.41, 5.74) is 1.59. The fourth-order valence-corrected chi connectivity index (χ4v) is 4.15. The number of thioether (sulfide) groups is 1. The summed E-state index contributed by atoms with van der Waals surface area (Å²) in [4.78, 5) is 12.5. The normalized spacial score (nSPS) is 10.8. The molecule has 0 radical (unpaired) electrons. The first-order chi connectivity index (χ1) is 17.1. The van der Waals surface area contributed by atoms with Crippen LogP contribution in [0.3, 0.4) is 0 Å². The number of amides is 1. The van der Waals surface area contributed by atoms with Crippen molar-refractivity contribution < 1.29 is 19.0 Å². The van der Waals surface area contributed by atoms with Gasteiger partial charge in [0, 0.05) is 0 Å². The van der Waals surface area contributed by atoms with Gasteiger partial charge in [-0.3, -0.25) is 10.1 Å². The summed E-state index contributed by atoms with van der Waals surface area (Å²) in [6.07, 6.45) is 5.89. The quantitative estimate of drug-likeness (QED) is 0.0910. The third kappa shape index (κ3) is 7.34. The first kappa shape index (κ1) is 25.8. The minimum absolute atomic E-state index is 0.0757. The molecule has 1 heterocycles. The predicted molar refractivity (Wildman–Crippen MR) is 138 cm³/mol. The van der Waals surface area contributed by atoms with Crippen molar-refractivity contribution in [1.29, 1.82) is 5.26 Å². The largest absolute Gasteiger partial charge is 0.493 e. The molecule has 1 N–H and O–H groups in total. The SMILES string of the molecule is C=CCc1ccccc1OCCOc1ccc(C=C(C#N)C(=O)Nc2nnc(SC)s2)cc1OC. The van der Waals surface area contributed by atoms with E-state index in [1.165, 1.54) is 36.3 Å². The maximum Gasteiger partial charge on any atom is 0.268 e. The highest BCUT2D eigenvalue weighted by Gasteiger charge is 2.14. The zero-order valence-corrected chi connectivity index (χ0v) is 20.9. The van der Waals surface area contributed by atoms with Gasteiger partial charge in [0.1, 0.15) is 30.6 Å². The monoisotopic (exact) mass is 508 g/mol. The van der Waals surface area contributed by atoms with Crippen LogP contribution in [0.2, 0.25) is 0 Å². The number of nitrogens with one attached hydrogen (secondary N) is 1. The molecule has 0 fully saturated rings. The molecule has 0 aliphatic carbocycles. The highest BCUT2D eigenvalue weighted by Crippen LogP contribution is 2.29. The van der Waals surface area contributed by atoms with Crippen LogP contribution in [0.4, 0.5) is 5.13 Å². The number of carbonyl (C=O) groups excluding carboxylic acids is 1. The molecule has 3 aromatic rings. The average molecular weight is 509 g/mol. The van der Waals surface area contributed by atoms with Crippen LogP contribution in [0.25, 0.3) is 6.08 Å². The topological polar surface area (TPSA) is 106 Å². The molecule has 0 atom stereocenters. The minimum atomic E-state index is -0.565. The number of rotatable bonds is 12. The fraction of sp³-hybridized carbons (Fsp3) is 0.200.